The first-order valence-corrected chi connectivity index (χ1v) is 9.90. The summed E-state index contributed by atoms with van der Waals surface area (Å²) in [4.78, 5) is 32.7. The Morgan fingerprint density at radius 1 is 1.13 bits per heavy atom. The lowest BCUT2D eigenvalue weighted by Crippen LogP contribution is -2.35. The van der Waals surface area contributed by atoms with Crippen LogP contribution in [-0.2, 0) is 9.59 Å². The zero-order valence-corrected chi connectivity index (χ0v) is 18.4. The topological polar surface area (TPSA) is 85.9 Å². The number of ketones is 1. The molecule has 1 aromatic carbocycles. The number of rotatable bonds is 6. The van der Waals surface area contributed by atoms with Crippen LogP contribution in [0.15, 0.2) is 29.8 Å². The van der Waals surface area contributed by atoms with Gasteiger partial charge in [0, 0.05) is 30.0 Å². The van der Waals surface area contributed by atoms with E-state index in [1.165, 1.54) is 0 Å². The summed E-state index contributed by atoms with van der Waals surface area (Å²) in [6, 6.07) is 6.57. The summed E-state index contributed by atoms with van der Waals surface area (Å²) in [7, 11) is 5.40. The molecule has 0 radical (unpaired) electrons. The Kier molecular flexibility index (Phi) is 6.03. The summed E-state index contributed by atoms with van der Waals surface area (Å²) in [5, 5.41) is 11.2. The number of likely N-dealkylation sites (tertiary alicyclic amines) is 1. The van der Waals surface area contributed by atoms with Crippen LogP contribution in [0, 0.1) is 20.8 Å². The van der Waals surface area contributed by atoms with Crippen LogP contribution in [0.4, 0.5) is 0 Å². The molecule has 1 amide bonds. The van der Waals surface area contributed by atoms with Crippen LogP contribution in [-0.4, -0.2) is 65.9 Å². The number of H-pyrrole nitrogens is 1. The summed E-state index contributed by atoms with van der Waals surface area (Å²) in [6.07, 6.45) is 0. The van der Waals surface area contributed by atoms with Gasteiger partial charge in [-0.25, -0.2) is 0 Å². The van der Waals surface area contributed by atoms with Gasteiger partial charge in [0.15, 0.2) is 0 Å². The van der Waals surface area contributed by atoms with Gasteiger partial charge >= 0.3 is 0 Å². The molecule has 2 N–H and O–H groups in total. The molecule has 1 aliphatic rings. The molecule has 7 nitrogen and oxygen atoms in total. The Hall–Kier alpha value is -3.06. The summed E-state index contributed by atoms with van der Waals surface area (Å²) in [5.41, 5.74) is 3.98. The minimum Gasteiger partial charge on any atom is -0.507 e. The normalized spacial score (nSPS) is 18.5. The molecule has 160 valence electrons. The van der Waals surface area contributed by atoms with E-state index in [2.05, 4.69) is 4.98 Å². The van der Waals surface area contributed by atoms with E-state index in [1.54, 1.807) is 24.1 Å². The molecule has 30 heavy (non-hydrogen) atoms. The minimum absolute atomic E-state index is 0.120. The Balaban J connectivity index is 2.19. The van der Waals surface area contributed by atoms with Crippen LogP contribution >= 0.6 is 0 Å². The van der Waals surface area contributed by atoms with Gasteiger partial charge in [0.05, 0.1) is 18.7 Å². The van der Waals surface area contributed by atoms with Crippen molar-refractivity contribution < 1.29 is 19.4 Å². The second-order valence-electron chi connectivity index (χ2n) is 7.94. The van der Waals surface area contributed by atoms with Gasteiger partial charge in [-0.15, -0.1) is 0 Å². The number of carbonyl (C=O) groups excluding carboxylic acids is 2. The van der Waals surface area contributed by atoms with Gasteiger partial charge in [-0.05, 0) is 58.1 Å². The van der Waals surface area contributed by atoms with Gasteiger partial charge in [-0.2, -0.15) is 0 Å². The summed E-state index contributed by atoms with van der Waals surface area (Å²) in [6.45, 7) is 6.61. The number of ether oxygens (including phenoxy) is 1. The average molecular weight is 412 g/mol. The van der Waals surface area contributed by atoms with Gasteiger partial charge in [-0.1, -0.05) is 12.1 Å². The zero-order valence-electron chi connectivity index (χ0n) is 18.4. The molecule has 0 bridgehead atoms. The van der Waals surface area contributed by atoms with E-state index in [0.29, 0.717) is 24.4 Å². The van der Waals surface area contributed by atoms with Crippen molar-refractivity contribution >= 4 is 17.4 Å². The Labute approximate surface area is 176 Å². The number of benzene rings is 1. The lowest BCUT2D eigenvalue weighted by Gasteiger charge is -2.26. The van der Waals surface area contributed by atoms with Crippen molar-refractivity contribution in [3.8, 4) is 5.75 Å². The summed E-state index contributed by atoms with van der Waals surface area (Å²) < 4.78 is 5.24. The SMILES string of the molecule is COc1ccc(C2/C(=C(\O)c3c(C)[nH]c(C)c3C)C(=O)C(=O)N2CCN(C)C)cc1. The van der Waals surface area contributed by atoms with Crippen molar-refractivity contribution in [3.63, 3.8) is 0 Å². The maximum Gasteiger partial charge on any atom is 0.295 e. The number of amides is 1. The first-order valence-electron chi connectivity index (χ1n) is 9.90. The molecule has 0 spiro atoms. The maximum atomic E-state index is 13.1. The standard InChI is InChI=1S/C23H29N3O4/c1-13-14(2)24-15(3)18(13)21(27)19-20(16-7-9-17(30-6)10-8-16)26(12-11-25(4)5)23(29)22(19)28/h7-10,20,24,27H,11-12H2,1-6H3/b21-19+. The molecule has 1 saturated heterocycles. The predicted octanol–water partition coefficient (Wildman–Crippen LogP) is 2.93. The second-order valence-corrected chi connectivity index (χ2v) is 7.94. The third kappa shape index (κ3) is 3.73. The fourth-order valence-electron chi connectivity index (χ4n) is 3.95. The second kappa shape index (κ2) is 8.36. The van der Waals surface area contributed by atoms with Crippen molar-refractivity contribution in [2.24, 2.45) is 0 Å². The highest BCUT2D eigenvalue weighted by molar-refractivity contribution is 6.46. The number of carbonyl (C=O) groups is 2. The number of methoxy groups -OCH3 is 1. The van der Waals surface area contributed by atoms with E-state index in [9.17, 15) is 14.7 Å². The molecule has 1 aromatic heterocycles. The number of hydrogen-bond donors (Lipinski definition) is 2. The zero-order chi connectivity index (χ0) is 22.2. The number of aliphatic hydroxyl groups excluding tert-OH is 1. The van der Waals surface area contributed by atoms with Crippen molar-refractivity contribution in [3.05, 3.63) is 57.9 Å². The number of aromatic nitrogens is 1. The molecule has 7 heteroatoms. The van der Waals surface area contributed by atoms with Crippen LogP contribution in [0.1, 0.15) is 34.1 Å². The van der Waals surface area contributed by atoms with Gasteiger partial charge in [0.1, 0.15) is 11.5 Å². The molecular formula is C23H29N3O4. The lowest BCUT2D eigenvalue weighted by molar-refractivity contribution is -0.140. The maximum absolute atomic E-state index is 13.1. The quantitative estimate of drug-likeness (QED) is 0.434. The number of Topliss-reactive ketones (excluding diaryl/α,β-unsaturated/α-hetero) is 1. The number of aromatic amines is 1. The number of nitrogens with zero attached hydrogens (tertiary/aromatic N) is 2. The van der Waals surface area contributed by atoms with Crippen molar-refractivity contribution in [1.82, 2.24) is 14.8 Å². The highest BCUT2D eigenvalue weighted by Crippen LogP contribution is 2.41. The van der Waals surface area contributed by atoms with Gasteiger partial charge in [0.25, 0.3) is 11.7 Å². The van der Waals surface area contributed by atoms with Crippen LogP contribution in [0.25, 0.3) is 5.76 Å². The van der Waals surface area contributed by atoms with Crippen molar-refractivity contribution in [2.75, 3.05) is 34.3 Å². The lowest BCUT2D eigenvalue weighted by atomic mass is 9.94. The third-order valence-electron chi connectivity index (χ3n) is 5.68. The molecule has 0 saturated carbocycles. The largest absolute Gasteiger partial charge is 0.507 e. The molecule has 1 atom stereocenters. The molecule has 1 fully saturated rings. The number of aliphatic hydroxyl groups is 1. The Morgan fingerprint density at radius 2 is 1.77 bits per heavy atom. The van der Waals surface area contributed by atoms with Crippen molar-refractivity contribution in [1.29, 1.82) is 0 Å². The van der Waals surface area contributed by atoms with Gasteiger partial charge < -0.3 is 24.6 Å². The van der Waals surface area contributed by atoms with E-state index in [1.807, 2.05) is 51.9 Å². The molecule has 0 aliphatic carbocycles. The number of aryl methyl sites for hydroxylation is 2. The van der Waals surface area contributed by atoms with E-state index >= 15 is 0 Å². The van der Waals surface area contributed by atoms with Crippen LogP contribution < -0.4 is 4.74 Å². The molecule has 1 unspecified atom stereocenters. The fourth-order valence-corrected chi connectivity index (χ4v) is 3.95. The first-order chi connectivity index (χ1) is 14.2. The molecule has 1 aliphatic heterocycles. The van der Waals surface area contributed by atoms with Gasteiger partial charge in [0.2, 0.25) is 0 Å². The monoisotopic (exact) mass is 411 g/mol. The minimum atomic E-state index is -0.662. The molecule has 3 rings (SSSR count). The first kappa shape index (κ1) is 21.6. The predicted molar refractivity (Wildman–Crippen MR) is 116 cm³/mol. The molecular weight excluding hydrogens is 382 g/mol. The number of hydrogen-bond acceptors (Lipinski definition) is 5. The van der Waals surface area contributed by atoms with E-state index in [4.69, 9.17) is 4.74 Å². The highest BCUT2D eigenvalue weighted by atomic mass is 16.5. The van der Waals surface area contributed by atoms with Gasteiger partial charge in [-0.3, -0.25) is 9.59 Å². The Morgan fingerprint density at radius 3 is 2.27 bits per heavy atom. The summed E-state index contributed by atoms with van der Waals surface area (Å²) >= 11 is 0. The van der Waals surface area contributed by atoms with E-state index < -0.39 is 17.7 Å². The van der Waals surface area contributed by atoms with Crippen LogP contribution in [0.3, 0.4) is 0 Å². The fraction of sp³-hybridized carbons (Fsp3) is 0.391. The van der Waals surface area contributed by atoms with Crippen LogP contribution in [0.5, 0.6) is 5.75 Å². The number of nitrogens with one attached hydrogen (secondary N) is 1. The Bertz CT molecular complexity index is 1000. The smallest absolute Gasteiger partial charge is 0.295 e. The van der Waals surface area contributed by atoms with Crippen LogP contribution in [0.2, 0.25) is 0 Å². The summed E-state index contributed by atoms with van der Waals surface area (Å²) in [5.74, 6) is -0.718. The third-order valence-corrected chi connectivity index (χ3v) is 5.68. The van der Waals surface area contributed by atoms with E-state index in [-0.39, 0.29) is 11.3 Å². The number of likely N-dealkylation sites (N-methyl/N-ethyl adjacent to an activating group) is 1. The average Bonchev–Trinajstić information content (AvgIpc) is 3.11. The van der Waals surface area contributed by atoms with E-state index in [0.717, 1.165) is 22.5 Å². The molecule has 2 aromatic rings. The molecule has 2 heterocycles. The highest BCUT2D eigenvalue weighted by Gasteiger charge is 2.46. The van der Waals surface area contributed by atoms with Crippen molar-refractivity contribution in [2.45, 2.75) is 26.8 Å².